The molecule has 1 atom stereocenters. The second-order valence-corrected chi connectivity index (χ2v) is 5.09. The summed E-state index contributed by atoms with van der Waals surface area (Å²) >= 11 is 6.00. The minimum absolute atomic E-state index is 0.187. The van der Waals surface area contributed by atoms with Crippen molar-refractivity contribution in [2.24, 2.45) is 0 Å². The van der Waals surface area contributed by atoms with E-state index in [1.54, 1.807) is 25.3 Å². The van der Waals surface area contributed by atoms with Crippen LogP contribution in [0.4, 0.5) is 10.2 Å². The van der Waals surface area contributed by atoms with Crippen LogP contribution in [0.2, 0.25) is 5.15 Å². The highest BCUT2D eigenvalue weighted by molar-refractivity contribution is 6.29. The fourth-order valence-corrected chi connectivity index (χ4v) is 2.24. The first-order valence-corrected chi connectivity index (χ1v) is 6.90. The van der Waals surface area contributed by atoms with Crippen molar-refractivity contribution in [3.05, 3.63) is 52.7 Å². The molecule has 0 fully saturated rings. The van der Waals surface area contributed by atoms with Gasteiger partial charge in [0.05, 0.1) is 6.04 Å². The molecule has 21 heavy (non-hydrogen) atoms. The molecule has 0 aliphatic carbocycles. The number of hydrogen-bond donors (Lipinski definition) is 0. The predicted octanol–water partition coefficient (Wildman–Crippen LogP) is 3.61. The molecule has 0 saturated carbocycles. The van der Waals surface area contributed by atoms with Crippen LogP contribution in [-0.2, 0) is 11.3 Å². The normalized spacial score (nSPS) is 12.2. The van der Waals surface area contributed by atoms with Crippen molar-refractivity contribution in [3.63, 3.8) is 0 Å². The number of hydrogen-bond acceptors (Lipinski definition) is 4. The van der Waals surface area contributed by atoms with Crippen molar-refractivity contribution in [2.75, 3.05) is 19.1 Å². The quantitative estimate of drug-likeness (QED) is 0.791. The Labute approximate surface area is 128 Å². The Hall–Kier alpha value is -1.72. The van der Waals surface area contributed by atoms with Gasteiger partial charge < -0.3 is 9.64 Å². The van der Waals surface area contributed by atoms with Crippen LogP contribution < -0.4 is 4.90 Å². The molecule has 0 aliphatic rings. The molecule has 0 amide bonds. The van der Waals surface area contributed by atoms with E-state index in [1.807, 2.05) is 24.9 Å². The minimum Gasteiger partial charge on any atom is -0.377 e. The average molecular weight is 310 g/mol. The fraction of sp³-hybridized carbons (Fsp3) is 0.333. The molecule has 4 nitrogen and oxygen atoms in total. The molecular weight excluding hydrogens is 293 g/mol. The number of anilines is 1. The van der Waals surface area contributed by atoms with Crippen LogP contribution in [-0.4, -0.2) is 24.1 Å². The van der Waals surface area contributed by atoms with Gasteiger partial charge in [0.25, 0.3) is 0 Å². The summed E-state index contributed by atoms with van der Waals surface area (Å²) in [5, 5.41) is 0.333. The van der Waals surface area contributed by atoms with Gasteiger partial charge in [0.15, 0.2) is 5.82 Å². The maximum absolute atomic E-state index is 13.9. The van der Waals surface area contributed by atoms with Crippen LogP contribution in [0, 0.1) is 5.82 Å². The third-order valence-corrected chi connectivity index (χ3v) is 3.49. The Balaban J connectivity index is 2.31. The summed E-state index contributed by atoms with van der Waals surface area (Å²) in [7, 11) is 3.40. The first-order valence-electron chi connectivity index (χ1n) is 6.52. The van der Waals surface area contributed by atoms with Crippen molar-refractivity contribution in [2.45, 2.75) is 19.6 Å². The number of methoxy groups -OCH3 is 1. The van der Waals surface area contributed by atoms with E-state index in [-0.39, 0.29) is 18.5 Å². The van der Waals surface area contributed by atoms with Crippen LogP contribution in [0.5, 0.6) is 0 Å². The molecule has 0 saturated heterocycles. The zero-order valence-electron chi connectivity index (χ0n) is 12.2. The summed E-state index contributed by atoms with van der Waals surface area (Å²) in [6.45, 7) is 2.18. The summed E-state index contributed by atoms with van der Waals surface area (Å²) in [5.74, 6) is 0.875. The number of aromatic nitrogens is 2. The summed E-state index contributed by atoms with van der Waals surface area (Å²) < 4.78 is 18.9. The van der Waals surface area contributed by atoms with Crippen LogP contribution in [0.15, 0.2) is 30.3 Å². The third-order valence-electron chi connectivity index (χ3n) is 3.30. The lowest BCUT2D eigenvalue weighted by molar-refractivity contribution is 0.178. The number of benzene rings is 1. The minimum atomic E-state index is -0.242. The van der Waals surface area contributed by atoms with Gasteiger partial charge in [-0.15, -0.1) is 0 Å². The molecule has 1 heterocycles. The van der Waals surface area contributed by atoms with Gasteiger partial charge in [0.1, 0.15) is 23.4 Å². The van der Waals surface area contributed by atoms with Gasteiger partial charge in [-0.05, 0) is 13.0 Å². The molecular formula is C15H17ClFN3O. The van der Waals surface area contributed by atoms with Crippen molar-refractivity contribution in [1.82, 2.24) is 9.97 Å². The van der Waals surface area contributed by atoms with E-state index in [0.29, 0.717) is 22.4 Å². The molecule has 1 unspecified atom stereocenters. The molecule has 1 aromatic heterocycles. The molecule has 0 aliphatic heterocycles. The Morgan fingerprint density at radius 2 is 2.05 bits per heavy atom. The number of nitrogens with zero attached hydrogens (tertiary/aromatic N) is 3. The smallest absolute Gasteiger partial charge is 0.158 e. The predicted molar refractivity (Wildman–Crippen MR) is 81.0 cm³/mol. The second kappa shape index (κ2) is 6.83. The van der Waals surface area contributed by atoms with Crippen molar-refractivity contribution in [3.8, 4) is 0 Å². The van der Waals surface area contributed by atoms with Crippen LogP contribution in [0.1, 0.15) is 24.4 Å². The fourth-order valence-electron chi connectivity index (χ4n) is 2.05. The lowest BCUT2D eigenvalue weighted by atomic mass is 10.1. The Kier molecular flexibility index (Phi) is 5.09. The first kappa shape index (κ1) is 15.7. The maximum Gasteiger partial charge on any atom is 0.158 e. The first-order chi connectivity index (χ1) is 10.0. The van der Waals surface area contributed by atoms with Gasteiger partial charge in [-0.25, -0.2) is 14.4 Å². The molecule has 2 aromatic rings. The Morgan fingerprint density at radius 3 is 2.71 bits per heavy atom. The van der Waals surface area contributed by atoms with E-state index in [1.165, 1.54) is 6.07 Å². The Bertz CT molecular complexity index is 624. The van der Waals surface area contributed by atoms with E-state index in [0.717, 1.165) is 0 Å². The van der Waals surface area contributed by atoms with Crippen LogP contribution in [0.3, 0.4) is 0 Å². The molecule has 112 valence electrons. The molecule has 6 heteroatoms. The van der Waals surface area contributed by atoms with Crippen LogP contribution in [0.25, 0.3) is 0 Å². The molecule has 0 spiro atoms. The monoisotopic (exact) mass is 309 g/mol. The van der Waals surface area contributed by atoms with Gasteiger partial charge in [-0.1, -0.05) is 29.8 Å². The lowest BCUT2D eigenvalue weighted by Crippen LogP contribution is -2.24. The molecule has 2 rings (SSSR count). The van der Waals surface area contributed by atoms with E-state index in [4.69, 9.17) is 16.3 Å². The maximum atomic E-state index is 13.9. The van der Waals surface area contributed by atoms with Gasteiger partial charge in [0, 0.05) is 25.8 Å². The van der Waals surface area contributed by atoms with Gasteiger partial charge in [0.2, 0.25) is 0 Å². The van der Waals surface area contributed by atoms with E-state index in [2.05, 4.69) is 9.97 Å². The third kappa shape index (κ3) is 3.68. The summed E-state index contributed by atoms with van der Waals surface area (Å²) in [6.07, 6.45) is 0. The topological polar surface area (TPSA) is 38.2 Å². The number of rotatable bonds is 5. The summed E-state index contributed by atoms with van der Waals surface area (Å²) in [5.41, 5.74) is 0.600. The van der Waals surface area contributed by atoms with Crippen molar-refractivity contribution >= 4 is 17.4 Å². The van der Waals surface area contributed by atoms with E-state index >= 15 is 0 Å². The second-order valence-electron chi connectivity index (χ2n) is 4.71. The van der Waals surface area contributed by atoms with E-state index < -0.39 is 0 Å². The molecule has 0 radical (unpaired) electrons. The van der Waals surface area contributed by atoms with E-state index in [9.17, 15) is 4.39 Å². The van der Waals surface area contributed by atoms with Gasteiger partial charge in [-0.3, -0.25) is 0 Å². The number of halogens is 2. The largest absolute Gasteiger partial charge is 0.377 e. The highest BCUT2D eigenvalue weighted by Crippen LogP contribution is 2.26. The van der Waals surface area contributed by atoms with Crippen molar-refractivity contribution in [1.29, 1.82) is 0 Å². The Morgan fingerprint density at radius 1 is 1.33 bits per heavy atom. The van der Waals surface area contributed by atoms with Crippen molar-refractivity contribution < 1.29 is 9.13 Å². The summed E-state index contributed by atoms with van der Waals surface area (Å²) in [4.78, 5) is 10.3. The number of ether oxygens (including phenoxy) is 1. The summed E-state index contributed by atoms with van der Waals surface area (Å²) in [6, 6.07) is 8.15. The zero-order chi connectivity index (χ0) is 15.4. The lowest BCUT2D eigenvalue weighted by Gasteiger charge is -2.27. The standard InChI is InChI=1S/C15H17ClFN3O/c1-10(11-6-4-5-7-12(11)17)20(2)15-8-13(16)18-14(19-15)9-21-3/h4-8,10H,9H2,1-3H3. The average Bonchev–Trinajstić information content (AvgIpc) is 2.46. The SMILES string of the molecule is COCc1nc(Cl)cc(N(C)C(C)c2ccccc2F)n1. The van der Waals surface area contributed by atoms with Gasteiger partial charge >= 0.3 is 0 Å². The van der Waals surface area contributed by atoms with Crippen LogP contribution >= 0.6 is 11.6 Å². The zero-order valence-corrected chi connectivity index (χ0v) is 12.9. The molecule has 1 aromatic carbocycles. The highest BCUT2D eigenvalue weighted by Gasteiger charge is 2.18. The highest BCUT2D eigenvalue weighted by atomic mass is 35.5. The van der Waals surface area contributed by atoms with Gasteiger partial charge in [-0.2, -0.15) is 0 Å². The molecule has 0 N–H and O–H groups in total. The molecule has 0 bridgehead atoms.